The fourth-order valence-corrected chi connectivity index (χ4v) is 3.84. The van der Waals surface area contributed by atoms with Gasteiger partial charge >= 0.3 is 5.97 Å². The summed E-state index contributed by atoms with van der Waals surface area (Å²) in [7, 11) is 0. The number of likely N-dealkylation sites (tertiary alicyclic amines) is 1. The molecule has 3 atom stereocenters. The quantitative estimate of drug-likeness (QED) is 0.831. The molecule has 3 unspecified atom stereocenters. The van der Waals surface area contributed by atoms with Crippen LogP contribution in [0.1, 0.15) is 29.6 Å². The van der Waals surface area contributed by atoms with Crippen LogP contribution in [0.4, 0.5) is 0 Å². The molecule has 1 saturated carbocycles. The minimum atomic E-state index is -0.931. The maximum atomic E-state index is 12.7. The molecular formula is C17H20N2O5. The topological polar surface area (TPSA) is 110 Å². The molecule has 128 valence electrons. The van der Waals surface area contributed by atoms with Crippen LogP contribution in [-0.2, 0) is 9.59 Å². The number of carboxylic acids is 1. The first-order chi connectivity index (χ1) is 11.5. The van der Waals surface area contributed by atoms with Crippen LogP contribution in [0.2, 0.25) is 0 Å². The highest BCUT2D eigenvalue weighted by Gasteiger charge is 2.49. The van der Waals surface area contributed by atoms with Gasteiger partial charge in [0.25, 0.3) is 11.8 Å². The highest BCUT2D eigenvalue weighted by molar-refractivity contribution is 5.97. The Kier molecular flexibility index (Phi) is 4.42. The number of rotatable bonds is 5. The zero-order chi connectivity index (χ0) is 17.3. The van der Waals surface area contributed by atoms with Gasteiger partial charge in [0.05, 0.1) is 0 Å². The number of fused-ring (bicyclic) bond motifs is 1. The Morgan fingerprint density at radius 1 is 1.21 bits per heavy atom. The van der Waals surface area contributed by atoms with Crippen molar-refractivity contribution >= 4 is 17.8 Å². The summed E-state index contributed by atoms with van der Waals surface area (Å²) in [6, 6.07) is 5.55. The summed E-state index contributed by atoms with van der Waals surface area (Å²) in [6.45, 7) is 0.268. The molecule has 7 heteroatoms. The monoisotopic (exact) mass is 332 g/mol. The van der Waals surface area contributed by atoms with Gasteiger partial charge in [-0.05, 0) is 48.9 Å². The average Bonchev–Trinajstić information content (AvgIpc) is 3.12. The first-order valence-corrected chi connectivity index (χ1v) is 8.02. The van der Waals surface area contributed by atoms with Crippen molar-refractivity contribution in [1.82, 2.24) is 4.90 Å². The van der Waals surface area contributed by atoms with Crippen molar-refractivity contribution in [2.75, 3.05) is 13.2 Å². The Morgan fingerprint density at radius 2 is 1.92 bits per heavy atom. The molecule has 2 fully saturated rings. The second-order valence-electron chi connectivity index (χ2n) is 6.37. The number of amides is 2. The van der Waals surface area contributed by atoms with E-state index in [4.69, 9.17) is 10.5 Å². The third kappa shape index (κ3) is 3.06. The molecule has 2 amide bonds. The molecule has 0 spiro atoms. The van der Waals surface area contributed by atoms with Crippen LogP contribution in [-0.4, -0.2) is 47.0 Å². The molecule has 0 aromatic heterocycles. The van der Waals surface area contributed by atoms with Crippen LogP contribution in [0.3, 0.4) is 0 Å². The SMILES string of the molecule is NC(=O)COc1ccc(C(=O)N2CC3CCCC3C2C(=O)O)cc1. The number of benzene rings is 1. The third-order valence-corrected chi connectivity index (χ3v) is 4.89. The molecule has 1 aliphatic carbocycles. The normalized spacial score (nSPS) is 25.3. The fourth-order valence-electron chi connectivity index (χ4n) is 3.84. The lowest BCUT2D eigenvalue weighted by Gasteiger charge is -2.24. The summed E-state index contributed by atoms with van der Waals surface area (Å²) in [6.07, 6.45) is 2.89. The maximum Gasteiger partial charge on any atom is 0.326 e. The van der Waals surface area contributed by atoms with Crippen molar-refractivity contribution in [2.45, 2.75) is 25.3 Å². The zero-order valence-electron chi connectivity index (χ0n) is 13.2. The van der Waals surface area contributed by atoms with Gasteiger partial charge in [0.15, 0.2) is 6.61 Å². The van der Waals surface area contributed by atoms with E-state index >= 15 is 0 Å². The predicted octanol–water partition coefficient (Wildman–Crippen LogP) is 0.876. The van der Waals surface area contributed by atoms with Crippen molar-refractivity contribution in [3.8, 4) is 5.75 Å². The fraction of sp³-hybridized carbons (Fsp3) is 0.471. The lowest BCUT2D eigenvalue weighted by Crippen LogP contribution is -2.43. The summed E-state index contributed by atoms with van der Waals surface area (Å²) in [5.74, 6) is -1.02. The van der Waals surface area contributed by atoms with Gasteiger partial charge in [-0.2, -0.15) is 0 Å². The molecule has 7 nitrogen and oxygen atoms in total. The van der Waals surface area contributed by atoms with Crippen LogP contribution in [0.5, 0.6) is 5.75 Å². The number of aliphatic carboxylic acids is 1. The van der Waals surface area contributed by atoms with Gasteiger partial charge in [0.2, 0.25) is 0 Å². The van der Waals surface area contributed by atoms with Crippen LogP contribution in [0.25, 0.3) is 0 Å². The number of ether oxygens (including phenoxy) is 1. The van der Waals surface area contributed by atoms with Crippen molar-refractivity contribution in [3.63, 3.8) is 0 Å². The largest absolute Gasteiger partial charge is 0.484 e. The van der Waals surface area contributed by atoms with Crippen LogP contribution in [0, 0.1) is 11.8 Å². The zero-order valence-corrected chi connectivity index (χ0v) is 13.2. The number of nitrogens with zero attached hydrogens (tertiary/aromatic N) is 1. The van der Waals surface area contributed by atoms with Gasteiger partial charge in [-0.15, -0.1) is 0 Å². The van der Waals surface area contributed by atoms with Gasteiger partial charge in [-0.25, -0.2) is 4.79 Å². The molecule has 24 heavy (non-hydrogen) atoms. The smallest absolute Gasteiger partial charge is 0.326 e. The van der Waals surface area contributed by atoms with E-state index in [0.29, 0.717) is 17.9 Å². The summed E-state index contributed by atoms with van der Waals surface area (Å²) in [5, 5.41) is 9.53. The Morgan fingerprint density at radius 3 is 2.54 bits per heavy atom. The second kappa shape index (κ2) is 6.51. The number of primary amides is 1. The Hall–Kier alpha value is -2.57. The molecule has 3 rings (SSSR count). The first-order valence-electron chi connectivity index (χ1n) is 8.02. The number of carbonyl (C=O) groups excluding carboxylic acids is 2. The molecule has 1 aromatic rings. The molecule has 1 aromatic carbocycles. The van der Waals surface area contributed by atoms with E-state index in [9.17, 15) is 19.5 Å². The van der Waals surface area contributed by atoms with Gasteiger partial charge in [0, 0.05) is 12.1 Å². The second-order valence-corrected chi connectivity index (χ2v) is 6.37. The molecule has 0 bridgehead atoms. The van der Waals surface area contributed by atoms with Crippen LogP contribution >= 0.6 is 0 Å². The molecule has 3 N–H and O–H groups in total. The highest BCUT2D eigenvalue weighted by Crippen LogP contribution is 2.42. The van der Waals surface area contributed by atoms with E-state index < -0.39 is 17.9 Å². The van der Waals surface area contributed by atoms with Crippen LogP contribution < -0.4 is 10.5 Å². The predicted molar refractivity (Wildman–Crippen MR) is 84.4 cm³/mol. The molecule has 1 aliphatic heterocycles. The van der Waals surface area contributed by atoms with Gasteiger partial charge in [-0.3, -0.25) is 9.59 Å². The van der Waals surface area contributed by atoms with Crippen molar-refractivity contribution in [2.24, 2.45) is 17.6 Å². The van der Waals surface area contributed by atoms with E-state index in [1.54, 1.807) is 24.3 Å². The summed E-state index contributed by atoms with van der Waals surface area (Å²) >= 11 is 0. The van der Waals surface area contributed by atoms with Crippen molar-refractivity contribution in [3.05, 3.63) is 29.8 Å². The van der Waals surface area contributed by atoms with E-state index in [1.807, 2.05) is 0 Å². The van der Waals surface area contributed by atoms with E-state index in [1.165, 1.54) is 4.90 Å². The van der Waals surface area contributed by atoms with Crippen LogP contribution in [0.15, 0.2) is 24.3 Å². The molecular weight excluding hydrogens is 312 g/mol. The average molecular weight is 332 g/mol. The van der Waals surface area contributed by atoms with Gasteiger partial charge in [-0.1, -0.05) is 6.42 Å². The summed E-state index contributed by atoms with van der Waals surface area (Å²) in [5.41, 5.74) is 5.42. The van der Waals surface area contributed by atoms with Crippen molar-refractivity contribution < 1.29 is 24.2 Å². The Labute approximate surface area is 139 Å². The van der Waals surface area contributed by atoms with E-state index in [-0.39, 0.29) is 24.3 Å². The lowest BCUT2D eigenvalue weighted by molar-refractivity contribution is -0.142. The maximum absolute atomic E-state index is 12.7. The number of carboxylic acid groups (broad SMARTS) is 1. The Bertz CT molecular complexity index is 657. The highest BCUT2D eigenvalue weighted by atomic mass is 16.5. The minimum Gasteiger partial charge on any atom is -0.484 e. The number of nitrogens with two attached hydrogens (primary N) is 1. The van der Waals surface area contributed by atoms with E-state index in [0.717, 1.165) is 19.3 Å². The number of carbonyl (C=O) groups is 3. The third-order valence-electron chi connectivity index (χ3n) is 4.89. The summed E-state index contributed by atoms with van der Waals surface area (Å²) < 4.78 is 5.15. The molecule has 2 aliphatic rings. The van der Waals surface area contributed by atoms with Gasteiger partial charge in [0.1, 0.15) is 11.8 Å². The number of hydrogen-bond acceptors (Lipinski definition) is 4. The van der Waals surface area contributed by atoms with Crippen molar-refractivity contribution in [1.29, 1.82) is 0 Å². The molecule has 0 radical (unpaired) electrons. The van der Waals surface area contributed by atoms with Gasteiger partial charge < -0.3 is 20.5 Å². The first kappa shape index (κ1) is 16.3. The van der Waals surface area contributed by atoms with E-state index in [2.05, 4.69) is 0 Å². The number of hydrogen-bond donors (Lipinski definition) is 2. The Balaban J connectivity index is 1.73. The summed E-state index contributed by atoms with van der Waals surface area (Å²) in [4.78, 5) is 36.5. The molecule has 1 saturated heterocycles. The standard InChI is InChI=1S/C17H20N2O5/c18-14(20)9-24-12-6-4-10(5-7-12)16(21)19-8-11-2-1-3-13(11)15(19)17(22)23/h4-7,11,13,15H,1-3,8-9H2,(H2,18,20)(H,22,23). The lowest BCUT2D eigenvalue weighted by atomic mass is 9.94. The molecule has 1 heterocycles. The minimum absolute atomic E-state index is 0.0598.